The second-order valence-corrected chi connectivity index (χ2v) is 8.56. The molecule has 5 heteroatoms. The summed E-state index contributed by atoms with van der Waals surface area (Å²) in [6.07, 6.45) is 4.26. The standard InChI is InChI=1S/C12H23NO3S/c1-12(2,3)17(15,16)9-11(14)13(4)10-7-5-6-8-10/h10H,5-9H2,1-4H3. The summed E-state index contributed by atoms with van der Waals surface area (Å²) in [4.78, 5) is 13.6. The number of sulfone groups is 1. The molecule has 0 aromatic carbocycles. The molecule has 0 radical (unpaired) electrons. The van der Waals surface area contributed by atoms with Crippen molar-refractivity contribution >= 4 is 15.7 Å². The van der Waals surface area contributed by atoms with Gasteiger partial charge in [-0.3, -0.25) is 4.79 Å². The molecule has 100 valence electrons. The van der Waals surface area contributed by atoms with E-state index in [2.05, 4.69) is 0 Å². The number of carbonyl (C=O) groups excluding carboxylic acids is 1. The highest BCUT2D eigenvalue weighted by molar-refractivity contribution is 7.93. The Morgan fingerprint density at radius 2 is 1.71 bits per heavy atom. The first-order chi connectivity index (χ1) is 7.65. The van der Waals surface area contributed by atoms with Gasteiger partial charge >= 0.3 is 0 Å². The summed E-state index contributed by atoms with van der Waals surface area (Å²) in [5, 5.41) is 0. The summed E-state index contributed by atoms with van der Waals surface area (Å²) in [6, 6.07) is 0.234. The molecule has 0 spiro atoms. The van der Waals surface area contributed by atoms with Crippen LogP contribution in [-0.4, -0.2) is 42.8 Å². The molecule has 1 fully saturated rings. The average molecular weight is 261 g/mol. The molecule has 1 rings (SSSR count). The molecule has 0 bridgehead atoms. The molecule has 1 saturated carbocycles. The molecule has 0 N–H and O–H groups in total. The monoisotopic (exact) mass is 261 g/mol. The van der Waals surface area contributed by atoms with E-state index in [4.69, 9.17) is 0 Å². The number of carbonyl (C=O) groups is 1. The molecule has 0 aliphatic heterocycles. The van der Waals surface area contributed by atoms with E-state index in [-0.39, 0.29) is 17.7 Å². The average Bonchev–Trinajstić information content (AvgIpc) is 2.66. The lowest BCUT2D eigenvalue weighted by Gasteiger charge is -2.26. The fraction of sp³-hybridized carbons (Fsp3) is 0.917. The predicted octanol–water partition coefficient (Wildman–Crippen LogP) is 1.60. The Morgan fingerprint density at radius 3 is 2.12 bits per heavy atom. The Bertz CT molecular complexity index is 375. The van der Waals surface area contributed by atoms with Gasteiger partial charge in [0.15, 0.2) is 9.84 Å². The van der Waals surface area contributed by atoms with Gasteiger partial charge in [0.2, 0.25) is 5.91 Å². The maximum Gasteiger partial charge on any atom is 0.237 e. The topological polar surface area (TPSA) is 54.5 Å². The van der Waals surface area contributed by atoms with Crippen molar-refractivity contribution < 1.29 is 13.2 Å². The van der Waals surface area contributed by atoms with Crippen molar-refractivity contribution in [1.82, 2.24) is 4.90 Å². The van der Waals surface area contributed by atoms with Crippen LogP contribution in [0.1, 0.15) is 46.5 Å². The number of hydrogen-bond acceptors (Lipinski definition) is 3. The SMILES string of the molecule is CN(C(=O)CS(=O)(=O)C(C)(C)C)C1CCCC1. The normalized spacial score (nSPS) is 18.4. The lowest BCUT2D eigenvalue weighted by molar-refractivity contribution is -0.129. The van der Waals surface area contributed by atoms with Crippen LogP contribution in [0.3, 0.4) is 0 Å². The quantitative estimate of drug-likeness (QED) is 0.775. The third kappa shape index (κ3) is 3.44. The summed E-state index contributed by atoms with van der Waals surface area (Å²) >= 11 is 0. The van der Waals surface area contributed by atoms with Gasteiger partial charge in [-0.05, 0) is 33.6 Å². The van der Waals surface area contributed by atoms with Crippen molar-refractivity contribution in [2.24, 2.45) is 0 Å². The summed E-state index contributed by atoms with van der Waals surface area (Å²) in [5.74, 6) is -0.643. The van der Waals surface area contributed by atoms with Crippen LogP contribution in [0.4, 0.5) is 0 Å². The van der Waals surface area contributed by atoms with Crippen molar-refractivity contribution in [3.05, 3.63) is 0 Å². The highest BCUT2D eigenvalue weighted by atomic mass is 32.2. The van der Waals surface area contributed by atoms with Gasteiger partial charge in [0.1, 0.15) is 5.75 Å². The van der Waals surface area contributed by atoms with E-state index < -0.39 is 14.6 Å². The first kappa shape index (κ1) is 14.5. The number of nitrogens with zero attached hydrogens (tertiary/aromatic N) is 1. The highest BCUT2D eigenvalue weighted by Gasteiger charge is 2.33. The van der Waals surface area contributed by atoms with E-state index in [1.165, 1.54) is 0 Å². The Balaban J connectivity index is 2.66. The third-order valence-electron chi connectivity index (χ3n) is 3.51. The van der Waals surface area contributed by atoms with Gasteiger partial charge in [-0.25, -0.2) is 8.42 Å². The third-order valence-corrected chi connectivity index (χ3v) is 6.01. The molecule has 1 aliphatic carbocycles. The van der Waals surface area contributed by atoms with Gasteiger partial charge in [0, 0.05) is 13.1 Å². The van der Waals surface area contributed by atoms with E-state index in [0.717, 1.165) is 25.7 Å². The van der Waals surface area contributed by atoms with Crippen molar-refractivity contribution in [3.8, 4) is 0 Å². The summed E-state index contributed by atoms with van der Waals surface area (Å²) in [6.45, 7) is 4.89. The first-order valence-corrected chi connectivity index (χ1v) is 7.78. The lowest BCUT2D eigenvalue weighted by atomic mass is 10.2. The minimum Gasteiger partial charge on any atom is -0.342 e. The van der Waals surface area contributed by atoms with E-state index in [1.54, 1.807) is 32.7 Å². The fourth-order valence-corrected chi connectivity index (χ4v) is 2.94. The molecule has 0 atom stereocenters. The number of rotatable bonds is 3. The summed E-state index contributed by atoms with van der Waals surface area (Å²) < 4.78 is 23.0. The smallest absolute Gasteiger partial charge is 0.237 e. The molecule has 0 saturated heterocycles. The minimum atomic E-state index is -3.36. The van der Waals surface area contributed by atoms with Crippen LogP contribution < -0.4 is 0 Å². The van der Waals surface area contributed by atoms with Gasteiger partial charge in [-0.1, -0.05) is 12.8 Å². The molecule has 1 amide bonds. The molecule has 0 heterocycles. The molecular formula is C12H23NO3S. The Labute approximate surface area is 104 Å². The molecule has 4 nitrogen and oxygen atoms in total. The van der Waals surface area contributed by atoms with Crippen LogP contribution in [-0.2, 0) is 14.6 Å². The number of amides is 1. The second kappa shape index (κ2) is 4.96. The summed E-state index contributed by atoms with van der Waals surface area (Å²) in [5.41, 5.74) is 0. The maximum absolute atomic E-state index is 11.9. The van der Waals surface area contributed by atoms with E-state index >= 15 is 0 Å². The second-order valence-electron chi connectivity index (χ2n) is 5.81. The van der Waals surface area contributed by atoms with Gasteiger partial charge < -0.3 is 4.90 Å². The summed E-state index contributed by atoms with van der Waals surface area (Å²) in [7, 11) is -1.64. The van der Waals surface area contributed by atoms with E-state index in [0.29, 0.717) is 0 Å². The lowest BCUT2D eigenvalue weighted by Crippen LogP contribution is -2.42. The van der Waals surface area contributed by atoms with Gasteiger partial charge in [0.25, 0.3) is 0 Å². The van der Waals surface area contributed by atoms with Crippen LogP contribution in [0.25, 0.3) is 0 Å². The zero-order valence-electron chi connectivity index (χ0n) is 11.2. The molecule has 0 unspecified atom stereocenters. The van der Waals surface area contributed by atoms with Crippen molar-refractivity contribution in [1.29, 1.82) is 0 Å². The molecule has 17 heavy (non-hydrogen) atoms. The Hall–Kier alpha value is -0.580. The van der Waals surface area contributed by atoms with Crippen LogP contribution in [0.5, 0.6) is 0 Å². The molecular weight excluding hydrogens is 238 g/mol. The van der Waals surface area contributed by atoms with Crippen LogP contribution in [0.15, 0.2) is 0 Å². The maximum atomic E-state index is 11.9. The van der Waals surface area contributed by atoms with E-state index in [1.807, 2.05) is 0 Å². The van der Waals surface area contributed by atoms with Crippen molar-refractivity contribution in [3.63, 3.8) is 0 Å². The zero-order valence-corrected chi connectivity index (χ0v) is 12.0. The minimum absolute atomic E-state index is 0.234. The van der Waals surface area contributed by atoms with Crippen molar-refractivity contribution in [2.75, 3.05) is 12.8 Å². The predicted molar refractivity (Wildman–Crippen MR) is 68.6 cm³/mol. The highest BCUT2D eigenvalue weighted by Crippen LogP contribution is 2.23. The number of hydrogen-bond donors (Lipinski definition) is 0. The first-order valence-electron chi connectivity index (χ1n) is 6.13. The molecule has 0 aromatic heterocycles. The van der Waals surface area contributed by atoms with Crippen LogP contribution in [0.2, 0.25) is 0 Å². The Morgan fingerprint density at radius 1 is 1.24 bits per heavy atom. The van der Waals surface area contributed by atoms with E-state index in [9.17, 15) is 13.2 Å². The molecule has 1 aliphatic rings. The van der Waals surface area contributed by atoms with Crippen LogP contribution in [0, 0.1) is 0 Å². The van der Waals surface area contributed by atoms with Gasteiger partial charge in [-0.15, -0.1) is 0 Å². The largest absolute Gasteiger partial charge is 0.342 e. The van der Waals surface area contributed by atoms with Gasteiger partial charge in [-0.2, -0.15) is 0 Å². The van der Waals surface area contributed by atoms with Crippen molar-refractivity contribution in [2.45, 2.75) is 57.2 Å². The zero-order chi connectivity index (χ0) is 13.3. The Kier molecular flexibility index (Phi) is 4.23. The molecule has 0 aromatic rings. The van der Waals surface area contributed by atoms with Crippen LogP contribution >= 0.6 is 0 Å². The fourth-order valence-electron chi connectivity index (χ4n) is 1.98. The van der Waals surface area contributed by atoms with Gasteiger partial charge in [0.05, 0.1) is 4.75 Å².